The standard InChI is InChI=1S/C15H24N2O/c1-11(2)15(18)17(7-5-6-16)14-9-12(3)8-13(4)10-14/h8-11H,5-7,16H2,1-4H3. The van der Waals surface area contributed by atoms with Crippen molar-refractivity contribution < 1.29 is 4.79 Å². The quantitative estimate of drug-likeness (QED) is 0.870. The van der Waals surface area contributed by atoms with Crippen molar-refractivity contribution in [3.05, 3.63) is 29.3 Å². The lowest BCUT2D eigenvalue weighted by Crippen LogP contribution is -2.36. The van der Waals surface area contributed by atoms with Gasteiger partial charge in [0.15, 0.2) is 0 Å². The van der Waals surface area contributed by atoms with E-state index in [9.17, 15) is 4.79 Å². The highest BCUT2D eigenvalue weighted by Crippen LogP contribution is 2.21. The van der Waals surface area contributed by atoms with Crippen LogP contribution in [0.2, 0.25) is 0 Å². The van der Waals surface area contributed by atoms with E-state index >= 15 is 0 Å². The number of carbonyl (C=O) groups excluding carboxylic acids is 1. The number of hydrogen-bond donors (Lipinski definition) is 1. The van der Waals surface area contributed by atoms with Crippen LogP contribution in [-0.4, -0.2) is 19.0 Å². The van der Waals surface area contributed by atoms with Crippen LogP contribution in [0.5, 0.6) is 0 Å². The Morgan fingerprint density at radius 2 is 1.78 bits per heavy atom. The van der Waals surface area contributed by atoms with Crippen LogP contribution in [0.15, 0.2) is 18.2 Å². The molecule has 1 rings (SSSR count). The molecule has 0 bridgehead atoms. The number of hydrogen-bond acceptors (Lipinski definition) is 2. The van der Waals surface area contributed by atoms with E-state index in [0.29, 0.717) is 13.1 Å². The predicted octanol–water partition coefficient (Wildman–Crippen LogP) is 2.64. The zero-order chi connectivity index (χ0) is 13.7. The van der Waals surface area contributed by atoms with Crippen molar-refractivity contribution in [2.45, 2.75) is 34.1 Å². The summed E-state index contributed by atoms with van der Waals surface area (Å²) >= 11 is 0. The summed E-state index contributed by atoms with van der Waals surface area (Å²) in [5.41, 5.74) is 8.90. The van der Waals surface area contributed by atoms with Gasteiger partial charge in [0.05, 0.1) is 0 Å². The zero-order valence-electron chi connectivity index (χ0n) is 11.9. The highest BCUT2D eigenvalue weighted by atomic mass is 16.2. The molecular weight excluding hydrogens is 224 g/mol. The van der Waals surface area contributed by atoms with Crippen LogP contribution in [0.3, 0.4) is 0 Å². The van der Waals surface area contributed by atoms with Crippen molar-refractivity contribution in [1.82, 2.24) is 0 Å². The van der Waals surface area contributed by atoms with Crippen LogP contribution in [0.4, 0.5) is 5.69 Å². The Kier molecular flexibility index (Phi) is 5.35. The Balaban J connectivity index is 3.04. The summed E-state index contributed by atoms with van der Waals surface area (Å²) in [5, 5.41) is 0. The van der Waals surface area contributed by atoms with Crippen LogP contribution in [0.25, 0.3) is 0 Å². The van der Waals surface area contributed by atoms with Crippen LogP contribution in [0, 0.1) is 19.8 Å². The van der Waals surface area contributed by atoms with Gasteiger partial charge in [0.1, 0.15) is 0 Å². The molecule has 0 fully saturated rings. The molecule has 0 saturated carbocycles. The van der Waals surface area contributed by atoms with E-state index in [0.717, 1.165) is 12.1 Å². The van der Waals surface area contributed by atoms with Gasteiger partial charge in [0.25, 0.3) is 0 Å². The average molecular weight is 248 g/mol. The molecule has 0 saturated heterocycles. The van der Waals surface area contributed by atoms with E-state index in [-0.39, 0.29) is 11.8 Å². The van der Waals surface area contributed by atoms with Crippen LogP contribution >= 0.6 is 0 Å². The van der Waals surface area contributed by atoms with E-state index in [1.54, 1.807) is 0 Å². The van der Waals surface area contributed by atoms with E-state index in [4.69, 9.17) is 5.73 Å². The molecule has 3 nitrogen and oxygen atoms in total. The van der Waals surface area contributed by atoms with Crippen LogP contribution in [-0.2, 0) is 4.79 Å². The first kappa shape index (κ1) is 14.7. The SMILES string of the molecule is Cc1cc(C)cc(N(CCCN)C(=O)C(C)C)c1. The molecule has 0 atom stereocenters. The van der Waals surface area contributed by atoms with E-state index in [1.165, 1.54) is 11.1 Å². The van der Waals surface area contributed by atoms with Gasteiger partial charge in [0, 0.05) is 18.2 Å². The largest absolute Gasteiger partial charge is 0.330 e. The Labute approximate surface area is 110 Å². The van der Waals surface area contributed by atoms with Crippen molar-refractivity contribution in [1.29, 1.82) is 0 Å². The smallest absolute Gasteiger partial charge is 0.229 e. The fourth-order valence-electron chi connectivity index (χ4n) is 2.03. The van der Waals surface area contributed by atoms with Crippen molar-refractivity contribution >= 4 is 11.6 Å². The first-order valence-electron chi connectivity index (χ1n) is 6.55. The van der Waals surface area contributed by atoms with Crippen molar-refractivity contribution in [3.8, 4) is 0 Å². The second-order valence-corrected chi connectivity index (χ2v) is 5.13. The molecule has 18 heavy (non-hydrogen) atoms. The number of carbonyl (C=O) groups is 1. The first-order valence-corrected chi connectivity index (χ1v) is 6.55. The molecule has 0 aromatic heterocycles. The molecule has 3 heteroatoms. The minimum Gasteiger partial charge on any atom is -0.330 e. The molecule has 1 aromatic rings. The monoisotopic (exact) mass is 248 g/mol. The summed E-state index contributed by atoms with van der Waals surface area (Å²) in [6.07, 6.45) is 0.825. The Hall–Kier alpha value is -1.35. The van der Waals surface area contributed by atoms with Gasteiger partial charge in [-0.1, -0.05) is 19.9 Å². The zero-order valence-corrected chi connectivity index (χ0v) is 11.9. The summed E-state index contributed by atoms with van der Waals surface area (Å²) < 4.78 is 0. The third kappa shape index (κ3) is 3.84. The lowest BCUT2D eigenvalue weighted by atomic mass is 10.1. The van der Waals surface area contributed by atoms with Gasteiger partial charge in [-0.05, 0) is 50.1 Å². The topological polar surface area (TPSA) is 46.3 Å². The maximum atomic E-state index is 12.3. The van der Waals surface area contributed by atoms with Crippen molar-refractivity contribution in [3.63, 3.8) is 0 Å². The third-order valence-corrected chi connectivity index (χ3v) is 2.86. The molecule has 0 heterocycles. The number of anilines is 1. The van der Waals surface area contributed by atoms with Gasteiger partial charge in [-0.15, -0.1) is 0 Å². The third-order valence-electron chi connectivity index (χ3n) is 2.86. The van der Waals surface area contributed by atoms with E-state index in [1.807, 2.05) is 18.7 Å². The summed E-state index contributed by atoms with van der Waals surface area (Å²) in [5.74, 6) is 0.164. The maximum Gasteiger partial charge on any atom is 0.229 e. The molecule has 0 aliphatic carbocycles. The first-order chi connectivity index (χ1) is 8.45. The van der Waals surface area contributed by atoms with Gasteiger partial charge < -0.3 is 10.6 Å². The molecule has 0 unspecified atom stereocenters. The van der Waals surface area contributed by atoms with Crippen LogP contribution < -0.4 is 10.6 Å². The van der Waals surface area contributed by atoms with Gasteiger partial charge >= 0.3 is 0 Å². The highest BCUT2D eigenvalue weighted by Gasteiger charge is 2.18. The summed E-state index contributed by atoms with van der Waals surface area (Å²) in [6, 6.07) is 6.23. The predicted molar refractivity (Wildman–Crippen MR) is 76.8 cm³/mol. The fourth-order valence-corrected chi connectivity index (χ4v) is 2.03. The fraction of sp³-hybridized carbons (Fsp3) is 0.533. The van der Waals surface area contributed by atoms with Crippen molar-refractivity contribution in [2.24, 2.45) is 11.7 Å². The Morgan fingerprint density at radius 1 is 1.22 bits per heavy atom. The summed E-state index contributed by atoms with van der Waals surface area (Å²) in [6.45, 7) is 9.26. The van der Waals surface area contributed by atoms with E-state index < -0.39 is 0 Å². The molecule has 0 spiro atoms. The highest BCUT2D eigenvalue weighted by molar-refractivity contribution is 5.94. The molecule has 0 radical (unpaired) electrons. The number of aryl methyl sites for hydroxylation is 2. The number of rotatable bonds is 5. The Morgan fingerprint density at radius 3 is 2.22 bits per heavy atom. The van der Waals surface area contributed by atoms with Crippen LogP contribution in [0.1, 0.15) is 31.4 Å². The second kappa shape index (κ2) is 6.55. The molecule has 1 aromatic carbocycles. The lowest BCUT2D eigenvalue weighted by molar-refractivity contribution is -0.121. The molecule has 0 aliphatic heterocycles. The molecule has 2 N–H and O–H groups in total. The van der Waals surface area contributed by atoms with Gasteiger partial charge in [-0.2, -0.15) is 0 Å². The van der Waals surface area contributed by atoms with Gasteiger partial charge in [-0.3, -0.25) is 4.79 Å². The minimum atomic E-state index is 0.00333. The Bertz CT molecular complexity index is 393. The lowest BCUT2D eigenvalue weighted by Gasteiger charge is -2.25. The van der Waals surface area contributed by atoms with Crippen molar-refractivity contribution in [2.75, 3.05) is 18.0 Å². The second-order valence-electron chi connectivity index (χ2n) is 5.13. The average Bonchev–Trinajstić information content (AvgIpc) is 2.27. The number of nitrogens with two attached hydrogens (primary N) is 1. The number of nitrogens with zero attached hydrogens (tertiary/aromatic N) is 1. The minimum absolute atomic E-state index is 0.00333. The summed E-state index contributed by atoms with van der Waals surface area (Å²) in [4.78, 5) is 14.1. The van der Waals surface area contributed by atoms with E-state index in [2.05, 4.69) is 32.0 Å². The van der Waals surface area contributed by atoms with Gasteiger partial charge in [0.2, 0.25) is 5.91 Å². The number of amides is 1. The number of benzene rings is 1. The normalized spacial score (nSPS) is 10.8. The molecule has 1 amide bonds. The van der Waals surface area contributed by atoms with Gasteiger partial charge in [-0.25, -0.2) is 0 Å². The maximum absolute atomic E-state index is 12.3. The molecular formula is C15H24N2O. The summed E-state index contributed by atoms with van der Waals surface area (Å²) in [7, 11) is 0. The molecule has 100 valence electrons. The molecule has 0 aliphatic rings.